The van der Waals surface area contributed by atoms with Crippen LogP contribution in [0.4, 0.5) is 0 Å². The van der Waals surface area contributed by atoms with Crippen LogP contribution in [0.15, 0.2) is 36.4 Å². The largest absolute Gasteiger partial charge is 0.507 e. The van der Waals surface area contributed by atoms with Crippen molar-refractivity contribution in [2.45, 2.75) is 47.5 Å². The molecule has 0 unspecified atom stereocenters. The average molecular weight is 391 g/mol. The van der Waals surface area contributed by atoms with Gasteiger partial charge in [0.05, 0.1) is 7.11 Å². The molecule has 0 fully saturated rings. The SMILES string of the molecule is COc1ccc(C(c2cc(C)c(O)c(C)c2C)c2cc(C)c(O)c(C)c2C)cc1. The minimum atomic E-state index is -0.0168. The highest BCUT2D eigenvalue weighted by atomic mass is 16.5. The molecule has 3 aromatic rings. The number of rotatable bonds is 4. The Hall–Kier alpha value is -2.94. The molecule has 0 amide bonds. The van der Waals surface area contributed by atoms with E-state index in [2.05, 4.69) is 38.1 Å². The van der Waals surface area contributed by atoms with Crippen LogP contribution in [-0.2, 0) is 0 Å². The lowest BCUT2D eigenvalue weighted by Crippen LogP contribution is -2.10. The molecule has 0 spiro atoms. The van der Waals surface area contributed by atoms with Crippen molar-refractivity contribution >= 4 is 0 Å². The molecule has 3 nitrogen and oxygen atoms in total. The zero-order chi connectivity index (χ0) is 21.5. The van der Waals surface area contributed by atoms with Crippen LogP contribution in [0, 0.1) is 41.5 Å². The van der Waals surface area contributed by atoms with E-state index in [0.29, 0.717) is 11.5 Å². The fraction of sp³-hybridized carbons (Fsp3) is 0.308. The first-order chi connectivity index (χ1) is 13.7. The topological polar surface area (TPSA) is 49.7 Å². The number of phenols is 2. The normalized spacial score (nSPS) is 11.2. The Morgan fingerprint density at radius 3 is 1.45 bits per heavy atom. The van der Waals surface area contributed by atoms with Gasteiger partial charge < -0.3 is 14.9 Å². The van der Waals surface area contributed by atoms with Gasteiger partial charge in [0.15, 0.2) is 0 Å². The van der Waals surface area contributed by atoms with Gasteiger partial charge in [-0.3, -0.25) is 0 Å². The minimum absolute atomic E-state index is 0.0168. The van der Waals surface area contributed by atoms with Crippen LogP contribution in [0.2, 0.25) is 0 Å². The van der Waals surface area contributed by atoms with Gasteiger partial charge in [0.25, 0.3) is 0 Å². The highest BCUT2D eigenvalue weighted by molar-refractivity contribution is 5.59. The Kier molecular flexibility index (Phi) is 5.61. The van der Waals surface area contributed by atoms with Crippen molar-refractivity contribution in [3.63, 3.8) is 0 Å². The van der Waals surface area contributed by atoms with Gasteiger partial charge in [-0.2, -0.15) is 0 Å². The van der Waals surface area contributed by atoms with Gasteiger partial charge in [0.2, 0.25) is 0 Å². The summed E-state index contributed by atoms with van der Waals surface area (Å²) in [6.07, 6.45) is 0. The predicted octanol–water partition coefficient (Wildman–Crippen LogP) is 6.14. The number of aromatic hydroxyl groups is 2. The first-order valence-electron chi connectivity index (χ1n) is 9.90. The van der Waals surface area contributed by atoms with Crippen molar-refractivity contribution in [1.29, 1.82) is 0 Å². The van der Waals surface area contributed by atoms with Crippen molar-refractivity contribution in [3.05, 3.63) is 86.5 Å². The van der Waals surface area contributed by atoms with Crippen LogP contribution in [0.5, 0.6) is 17.2 Å². The van der Waals surface area contributed by atoms with Crippen molar-refractivity contribution in [2.24, 2.45) is 0 Å². The van der Waals surface area contributed by atoms with E-state index in [0.717, 1.165) is 55.8 Å². The molecule has 3 heteroatoms. The monoisotopic (exact) mass is 390 g/mol. The number of ether oxygens (including phenoxy) is 1. The molecular weight excluding hydrogens is 360 g/mol. The standard InChI is InChI=1S/C26H30O3/c1-14-12-22(16(3)18(5)25(14)27)24(20-8-10-21(29-7)11-9-20)23-13-15(2)26(28)19(6)17(23)4/h8-13,24,27-28H,1-7H3. The summed E-state index contributed by atoms with van der Waals surface area (Å²) in [6, 6.07) is 12.3. The third-order valence-corrected chi connectivity index (χ3v) is 6.26. The van der Waals surface area contributed by atoms with Crippen LogP contribution < -0.4 is 4.74 Å². The fourth-order valence-electron chi connectivity index (χ4n) is 4.12. The number of methoxy groups -OCH3 is 1. The quantitative estimate of drug-likeness (QED) is 0.526. The molecule has 0 aromatic heterocycles. The van der Waals surface area contributed by atoms with Crippen molar-refractivity contribution < 1.29 is 14.9 Å². The summed E-state index contributed by atoms with van der Waals surface area (Å²) in [5.74, 6) is 1.51. The summed E-state index contributed by atoms with van der Waals surface area (Å²) < 4.78 is 5.35. The second-order valence-electron chi connectivity index (χ2n) is 7.97. The Labute approximate surface area is 173 Å². The van der Waals surface area contributed by atoms with Crippen molar-refractivity contribution in [3.8, 4) is 17.2 Å². The molecule has 0 aliphatic carbocycles. The maximum absolute atomic E-state index is 10.4. The van der Waals surface area contributed by atoms with Gasteiger partial charge >= 0.3 is 0 Å². The molecule has 0 saturated carbocycles. The summed E-state index contributed by atoms with van der Waals surface area (Å²) in [4.78, 5) is 0. The molecule has 0 aliphatic heterocycles. The van der Waals surface area contributed by atoms with E-state index in [9.17, 15) is 10.2 Å². The van der Waals surface area contributed by atoms with Crippen LogP contribution >= 0.6 is 0 Å². The smallest absolute Gasteiger partial charge is 0.121 e. The van der Waals surface area contributed by atoms with Gasteiger partial charge in [-0.05, 0) is 104 Å². The molecule has 29 heavy (non-hydrogen) atoms. The number of hydrogen-bond acceptors (Lipinski definition) is 3. The first-order valence-corrected chi connectivity index (χ1v) is 9.90. The second kappa shape index (κ2) is 7.82. The molecule has 0 radical (unpaired) electrons. The molecule has 0 aliphatic rings. The van der Waals surface area contributed by atoms with Gasteiger partial charge in [0, 0.05) is 5.92 Å². The number of benzene rings is 3. The molecule has 0 atom stereocenters. The molecule has 152 valence electrons. The summed E-state index contributed by atoms with van der Waals surface area (Å²) in [6.45, 7) is 11.9. The molecule has 3 aromatic carbocycles. The van der Waals surface area contributed by atoms with Crippen molar-refractivity contribution in [1.82, 2.24) is 0 Å². The molecule has 0 heterocycles. The molecular formula is C26H30O3. The third-order valence-electron chi connectivity index (χ3n) is 6.26. The number of phenolic OH excluding ortho intramolecular Hbond substituents is 2. The Morgan fingerprint density at radius 1 is 0.655 bits per heavy atom. The summed E-state index contributed by atoms with van der Waals surface area (Å²) >= 11 is 0. The highest BCUT2D eigenvalue weighted by Crippen LogP contribution is 2.42. The molecule has 0 bridgehead atoms. The van der Waals surface area contributed by atoms with E-state index < -0.39 is 0 Å². The summed E-state index contributed by atoms with van der Waals surface area (Å²) in [5.41, 5.74) is 9.18. The zero-order valence-corrected chi connectivity index (χ0v) is 18.3. The predicted molar refractivity (Wildman–Crippen MR) is 119 cm³/mol. The van der Waals surface area contributed by atoms with Crippen LogP contribution in [-0.4, -0.2) is 17.3 Å². The van der Waals surface area contributed by atoms with E-state index >= 15 is 0 Å². The number of hydrogen-bond donors (Lipinski definition) is 2. The van der Waals surface area contributed by atoms with Crippen LogP contribution in [0.3, 0.4) is 0 Å². The summed E-state index contributed by atoms with van der Waals surface area (Å²) in [7, 11) is 1.67. The summed E-state index contributed by atoms with van der Waals surface area (Å²) in [5, 5.41) is 20.9. The average Bonchev–Trinajstić information content (AvgIpc) is 2.72. The Morgan fingerprint density at radius 2 is 1.07 bits per heavy atom. The van der Waals surface area contributed by atoms with Gasteiger partial charge in [-0.1, -0.05) is 24.3 Å². The third kappa shape index (κ3) is 3.57. The minimum Gasteiger partial charge on any atom is -0.507 e. The second-order valence-corrected chi connectivity index (χ2v) is 7.97. The van der Waals surface area contributed by atoms with E-state index in [4.69, 9.17) is 4.74 Å². The molecule has 0 saturated heterocycles. The molecule has 2 N–H and O–H groups in total. The Balaban J connectivity index is 2.35. The highest BCUT2D eigenvalue weighted by Gasteiger charge is 2.25. The lowest BCUT2D eigenvalue weighted by molar-refractivity contribution is 0.414. The lowest BCUT2D eigenvalue weighted by atomic mass is 9.78. The van der Waals surface area contributed by atoms with Gasteiger partial charge in [0.1, 0.15) is 17.2 Å². The van der Waals surface area contributed by atoms with E-state index in [1.807, 2.05) is 39.8 Å². The van der Waals surface area contributed by atoms with Crippen LogP contribution in [0.25, 0.3) is 0 Å². The van der Waals surface area contributed by atoms with E-state index in [-0.39, 0.29) is 5.92 Å². The fourth-order valence-corrected chi connectivity index (χ4v) is 4.12. The molecule has 3 rings (SSSR count). The Bertz CT molecular complexity index is 999. The zero-order valence-electron chi connectivity index (χ0n) is 18.3. The van der Waals surface area contributed by atoms with Gasteiger partial charge in [-0.25, -0.2) is 0 Å². The van der Waals surface area contributed by atoms with Gasteiger partial charge in [-0.15, -0.1) is 0 Å². The maximum Gasteiger partial charge on any atom is 0.121 e. The van der Waals surface area contributed by atoms with Crippen LogP contribution in [0.1, 0.15) is 56.0 Å². The van der Waals surface area contributed by atoms with E-state index in [1.54, 1.807) is 7.11 Å². The lowest BCUT2D eigenvalue weighted by Gasteiger charge is -2.26. The number of aryl methyl sites for hydroxylation is 2. The maximum atomic E-state index is 10.4. The van der Waals surface area contributed by atoms with E-state index in [1.165, 1.54) is 0 Å². The first kappa shape index (κ1) is 20.8. The van der Waals surface area contributed by atoms with Crippen molar-refractivity contribution in [2.75, 3.05) is 7.11 Å².